The fraction of sp³-hybridized carbons (Fsp3) is 0.364. The van der Waals surface area contributed by atoms with E-state index < -0.39 is 11.3 Å². The number of Topliss-reactive ketones (excluding diaryl/α,β-unsaturated/α-hetero) is 2. The van der Waals surface area contributed by atoms with E-state index in [0.717, 1.165) is 30.7 Å². The number of fused-ring (bicyclic) bond motifs is 1. The number of ketones is 2. The van der Waals surface area contributed by atoms with Crippen molar-refractivity contribution in [3.05, 3.63) is 70.2 Å². The van der Waals surface area contributed by atoms with Crippen molar-refractivity contribution in [1.82, 2.24) is 0 Å². The van der Waals surface area contributed by atoms with Gasteiger partial charge in [-0.1, -0.05) is 48.0 Å². The van der Waals surface area contributed by atoms with Crippen LogP contribution in [0.1, 0.15) is 57.9 Å². The van der Waals surface area contributed by atoms with Crippen LogP contribution in [-0.2, 0) is 0 Å². The van der Waals surface area contributed by atoms with Crippen LogP contribution in [0, 0.1) is 11.8 Å². The monoisotopic (exact) mass is 386 g/mol. The van der Waals surface area contributed by atoms with E-state index in [2.05, 4.69) is 12.1 Å². The maximum absolute atomic E-state index is 13.0. The van der Waals surface area contributed by atoms with E-state index in [-0.39, 0.29) is 17.5 Å². The van der Waals surface area contributed by atoms with Crippen molar-refractivity contribution in [2.45, 2.75) is 37.0 Å². The molecule has 0 spiro atoms. The molecule has 134 valence electrons. The summed E-state index contributed by atoms with van der Waals surface area (Å²) < 4.78 is 0. The molecule has 1 fully saturated rings. The predicted octanol–water partition coefficient (Wildman–Crippen LogP) is 5.92. The molecule has 0 aliphatic heterocycles. The standard InChI is InChI=1S/C22H20Cl2O2/c23-16-11-9-14(10-12-16)13-5-7-15(8-6-13)19-20(24)22(26)18-4-2-1-3-17(18)21(19)25/h1-4,9-13,15,19-20H,5-8H2/t13?,15?,19-,20+/m1/s1. The molecule has 1 saturated carbocycles. The zero-order valence-corrected chi connectivity index (χ0v) is 15.8. The highest BCUT2D eigenvalue weighted by Gasteiger charge is 2.45. The van der Waals surface area contributed by atoms with Crippen molar-refractivity contribution in [3.8, 4) is 0 Å². The first-order valence-corrected chi connectivity index (χ1v) is 9.94. The summed E-state index contributed by atoms with van der Waals surface area (Å²) in [6.45, 7) is 0. The number of rotatable bonds is 2. The molecule has 2 aromatic rings. The van der Waals surface area contributed by atoms with Gasteiger partial charge in [0.1, 0.15) is 5.38 Å². The van der Waals surface area contributed by atoms with Gasteiger partial charge in [-0.2, -0.15) is 0 Å². The number of benzene rings is 2. The number of halogens is 2. The van der Waals surface area contributed by atoms with Gasteiger partial charge in [0.15, 0.2) is 11.6 Å². The zero-order chi connectivity index (χ0) is 18.3. The van der Waals surface area contributed by atoms with Crippen molar-refractivity contribution >= 4 is 34.8 Å². The molecule has 2 atom stereocenters. The molecule has 26 heavy (non-hydrogen) atoms. The van der Waals surface area contributed by atoms with Gasteiger partial charge in [-0.15, -0.1) is 11.6 Å². The summed E-state index contributed by atoms with van der Waals surface area (Å²) in [6.07, 6.45) is 3.86. The van der Waals surface area contributed by atoms with Crippen molar-refractivity contribution < 1.29 is 9.59 Å². The van der Waals surface area contributed by atoms with E-state index in [1.54, 1.807) is 18.2 Å². The summed E-state index contributed by atoms with van der Waals surface area (Å²) in [5.41, 5.74) is 2.31. The molecule has 4 heteroatoms. The van der Waals surface area contributed by atoms with Gasteiger partial charge in [0.25, 0.3) is 0 Å². The Morgan fingerprint density at radius 2 is 1.35 bits per heavy atom. The minimum absolute atomic E-state index is 0.0372. The molecule has 0 heterocycles. The Morgan fingerprint density at radius 3 is 1.96 bits per heavy atom. The molecule has 2 aliphatic rings. The molecular weight excluding hydrogens is 367 g/mol. The summed E-state index contributed by atoms with van der Waals surface area (Å²) in [6, 6.07) is 15.1. The van der Waals surface area contributed by atoms with Crippen LogP contribution in [0.25, 0.3) is 0 Å². The second-order valence-electron chi connectivity index (χ2n) is 7.36. The van der Waals surface area contributed by atoms with Crippen LogP contribution in [0.2, 0.25) is 5.02 Å². The Hall–Kier alpha value is -1.64. The van der Waals surface area contributed by atoms with Gasteiger partial charge >= 0.3 is 0 Å². The third-order valence-electron chi connectivity index (χ3n) is 5.95. The van der Waals surface area contributed by atoms with Gasteiger partial charge in [-0.05, 0) is 55.2 Å². The number of hydrogen-bond donors (Lipinski definition) is 0. The van der Waals surface area contributed by atoms with Crippen LogP contribution < -0.4 is 0 Å². The van der Waals surface area contributed by atoms with Gasteiger partial charge in [0, 0.05) is 22.1 Å². The lowest BCUT2D eigenvalue weighted by molar-refractivity contribution is 0.0749. The maximum atomic E-state index is 13.0. The van der Waals surface area contributed by atoms with Gasteiger partial charge in [0.2, 0.25) is 0 Å². The van der Waals surface area contributed by atoms with Crippen molar-refractivity contribution in [3.63, 3.8) is 0 Å². The van der Waals surface area contributed by atoms with E-state index in [1.807, 2.05) is 18.2 Å². The molecule has 0 saturated heterocycles. The van der Waals surface area contributed by atoms with Gasteiger partial charge < -0.3 is 0 Å². The van der Waals surface area contributed by atoms with Crippen molar-refractivity contribution in [2.24, 2.45) is 11.8 Å². The minimum atomic E-state index is -0.741. The van der Waals surface area contributed by atoms with Crippen LogP contribution in [0.3, 0.4) is 0 Å². The van der Waals surface area contributed by atoms with Crippen LogP contribution >= 0.6 is 23.2 Å². The zero-order valence-electron chi connectivity index (χ0n) is 14.3. The van der Waals surface area contributed by atoms with Crippen LogP contribution in [0.15, 0.2) is 48.5 Å². The Labute approximate surface area is 163 Å². The number of hydrogen-bond acceptors (Lipinski definition) is 2. The molecule has 2 aromatic carbocycles. The molecule has 0 unspecified atom stereocenters. The molecule has 4 rings (SSSR count). The molecular formula is C22H20Cl2O2. The number of alkyl halides is 1. The second kappa shape index (κ2) is 7.17. The van der Waals surface area contributed by atoms with E-state index in [1.165, 1.54) is 5.56 Å². The molecule has 0 amide bonds. The maximum Gasteiger partial charge on any atom is 0.182 e. The molecule has 0 aromatic heterocycles. The number of carbonyl (C=O) groups excluding carboxylic acids is 2. The summed E-state index contributed by atoms with van der Waals surface area (Å²) in [5.74, 6) is 0.192. The molecule has 2 aliphatic carbocycles. The lowest BCUT2D eigenvalue weighted by atomic mass is 9.68. The fourth-order valence-corrected chi connectivity index (χ4v) is 5.10. The third-order valence-corrected chi connectivity index (χ3v) is 6.67. The highest BCUT2D eigenvalue weighted by Crippen LogP contribution is 2.44. The Balaban J connectivity index is 1.51. The Kier molecular flexibility index (Phi) is 4.90. The first-order valence-electron chi connectivity index (χ1n) is 9.13. The van der Waals surface area contributed by atoms with Crippen molar-refractivity contribution in [2.75, 3.05) is 0 Å². The smallest absolute Gasteiger partial charge is 0.182 e. The molecule has 0 radical (unpaired) electrons. The lowest BCUT2D eigenvalue weighted by Crippen LogP contribution is -2.42. The van der Waals surface area contributed by atoms with E-state index >= 15 is 0 Å². The van der Waals surface area contributed by atoms with Gasteiger partial charge in [-0.3, -0.25) is 9.59 Å². The van der Waals surface area contributed by atoms with E-state index in [0.29, 0.717) is 17.0 Å². The largest absolute Gasteiger partial charge is 0.294 e. The van der Waals surface area contributed by atoms with Crippen LogP contribution in [0.4, 0.5) is 0 Å². The van der Waals surface area contributed by atoms with E-state index in [4.69, 9.17) is 23.2 Å². The second-order valence-corrected chi connectivity index (χ2v) is 8.27. The third kappa shape index (κ3) is 3.10. The summed E-state index contributed by atoms with van der Waals surface area (Å²) in [5, 5.41) is 0.00637. The summed E-state index contributed by atoms with van der Waals surface area (Å²) in [4.78, 5) is 25.6. The Bertz CT molecular complexity index is 835. The fourth-order valence-electron chi connectivity index (χ4n) is 4.54. The topological polar surface area (TPSA) is 34.1 Å². The van der Waals surface area contributed by atoms with Crippen molar-refractivity contribution in [1.29, 1.82) is 0 Å². The molecule has 0 N–H and O–H groups in total. The first kappa shape index (κ1) is 17.8. The lowest BCUT2D eigenvalue weighted by Gasteiger charge is -2.37. The summed E-state index contributed by atoms with van der Waals surface area (Å²) >= 11 is 12.5. The summed E-state index contributed by atoms with van der Waals surface area (Å²) in [7, 11) is 0. The Morgan fingerprint density at radius 1 is 0.769 bits per heavy atom. The van der Waals surface area contributed by atoms with Crippen LogP contribution in [-0.4, -0.2) is 16.9 Å². The van der Waals surface area contributed by atoms with Gasteiger partial charge in [-0.25, -0.2) is 0 Å². The highest BCUT2D eigenvalue weighted by atomic mass is 35.5. The highest BCUT2D eigenvalue weighted by molar-refractivity contribution is 6.38. The molecule has 0 bridgehead atoms. The normalized spacial score (nSPS) is 28.7. The van der Waals surface area contributed by atoms with E-state index in [9.17, 15) is 9.59 Å². The number of carbonyl (C=O) groups is 2. The van der Waals surface area contributed by atoms with Crippen LogP contribution in [0.5, 0.6) is 0 Å². The minimum Gasteiger partial charge on any atom is -0.294 e. The molecule has 2 nitrogen and oxygen atoms in total. The predicted molar refractivity (Wildman–Crippen MR) is 104 cm³/mol. The first-order chi connectivity index (χ1) is 12.6. The quantitative estimate of drug-likeness (QED) is 0.600. The average molecular weight is 387 g/mol. The average Bonchev–Trinajstić information content (AvgIpc) is 2.68. The SMILES string of the molecule is O=C1c2ccccc2C(=O)[C@H](C2CCC(c3ccc(Cl)cc3)CC2)[C@@H]1Cl. The van der Waals surface area contributed by atoms with Gasteiger partial charge in [0.05, 0.1) is 0 Å².